The average molecular weight is 410 g/mol. The van der Waals surface area contributed by atoms with E-state index in [1.165, 1.54) is 16.7 Å². The molecule has 1 aromatic rings. The van der Waals surface area contributed by atoms with Gasteiger partial charge in [0.05, 0.1) is 11.6 Å². The molecule has 1 heterocycles. The summed E-state index contributed by atoms with van der Waals surface area (Å²) in [5.41, 5.74) is 0.606. The van der Waals surface area contributed by atoms with Crippen molar-refractivity contribution >= 4 is 61.3 Å². The summed E-state index contributed by atoms with van der Waals surface area (Å²) >= 11 is 8.10. The van der Waals surface area contributed by atoms with Crippen LogP contribution in [0.2, 0.25) is 0 Å². The number of carbonyl (C=O) groups excluding carboxylic acids is 1. The van der Waals surface area contributed by atoms with Crippen LogP contribution in [-0.2, 0) is 4.79 Å². The standard InChI is InChI=1S/C11H10Br2N2O3S/c12-6-1-2-8(7(13)3-6)14-11(18)15-5-19-4-9(15)10(16)17/h1-3,9H,4-5H2,(H,14,18)(H,16,17). The molecule has 0 spiro atoms. The molecule has 1 aromatic carbocycles. The molecule has 102 valence electrons. The maximum atomic E-state index is 12.1. The second-order valence-corrected chi connectivity index (χ2v) is 6.65. The van der Waals surface area contributed by atoms with Crippen molar-refractivity contribution in [1.82, 2.24) is 4.90 Å². The predicted molar refractivity (Wildman–Crippen MR) is 81.4 cm³/mol. The van der Waals surface area contributed by atoms with E-state index in [4.69, 9.17) is 5.11 Å². The first kappa shape index (κ1) is 14.7. The monoisotopic (exact) mass is 408 g/mol. The first-order valence-electron chi connectivity index (χ1n) is 5.32. The van der Waals surface area contributed by atoms with Crippen LogP contribution in [0.1, 0.15) is 0 Å². The Bertz CT molecular complexity index is 527. The number of carboxylic acid groups (broad SMARTS) is 1. The molecule has 0 bridgehead atoms. The SMILES string of the molecule is O=C(O)C1CSCN1C(=O)Nc1ccc(Br)cc1Br. The van der Waals surface area contributed by atoms with E-state index in [1.54, 1.807) is 12.1 Å². The number of nitrogens with zero attached hydrogens (tertiary/aromatic N) is 1. The number of thioether (sulfide) groups is 1. The Hall–Kier alpha value is -0.730. The quantitative estimate of drug-likeness (QED) is 0.786. The van der Waals surface area contributed by atoms with Gasteiger partial charge < -0.3 is 15.3 Å². The van der Waals surface area contributed by atoms with Gasteiger partial charge in [-0.2, -0.15) is 0 Å². The highest BCUT2D eigenvalue weighted by Crippen LogP contribution is 2.28. The number of amides is 2. The summed E-state index contributed by atoms with van der Waals surface area (Å²) in [5.74, 6) is -0.170. The number of hydrogen-bond donors (Lipinski definition) is 2. The van der Waals surface area contributed by atoms with E-state index in [9.17, 15) is 9.59 Å². The second kappa shape index (κ2) is 6.15. The molecule has 0 radical (unpaired) electrons. The van der Waals surface area contributed by atoms with E-state index in [-0.39, 0.29) is 0 Å². The molecule has 0 aromatic heterocycles. The zero-order chi connectivity index (χ0) is 14.0. The lowest BCUT2D eigenvalue weighted by Crippen LogP contribution is -2.44. The normalized spacial score (nSPS) is 18.4. The number of urea groups is 1. The third-order valence-electron chi connectivity index (χ3n) is 2.60. The van der Waals surface area contributed by atoms with Gasteiger partial charge in [-0.25, -0.2) is 9.59 Å². The zero-order valence-corrected chi connectivity index (χ0v) is 13.6. The molecule has 8 heteroatoms. The Morgan fingerprint density at radius 1 is 1.42 bits per heavy atom. The van der Waals surface area contributed by atoms with Crippen LogP contribution in [0.3, 0.4) is 0 Å². The van der Waals surface area contributed by atoms with Gasteiger partial charge in [0, 0.05) is 14.7 Å². The Balaban J connectivity index is 2.10. The number of carboxylic acids is 1. The van der Waals surface area contributed by atoms with E-state index in [0.717, 1.165) is 8.95 Å². The highest BCUT2D eigenvalue weighted by molar-refractivity contribution is 9.11. The average Bonchev–Trinajstić information content (AvgIpc) is 2.82. The molecule has 2 amide bonds. The number of anilines is 1. The van der Waals surface area contributed by atoms with Gasteiger partial charge >= 0.3 is 12.0 Å². The van der Waals surface area contributed by atoms with Crippen LogP contribution >= 0.6 is 43.6 Å². The molecule has 5 nitrogen and oxygen atoms in total. The Morgan fingerprint density at radius 2 is 2.16 bits per heavy atom. The van der Waals surface area contributed by atoms with E-state index in [2.05, 4.69) is 37.2 Å². The number of nitrogens with one attached hydrogen (secondary N) is 1. The summed E-state index contributed by atoms with van der Waals surface area (Å²) < 4.78 is 1.62. The molecular formula is C11H10Br2N2O3S. The highest BCUT2D eigenvalue weighted by Gasteiger charge is 2.34. The fraction of sp³-hybridized carbons (Fsp3) is 0.273. The molecule has 19 heavy (non-hydrogen) atoms. The summed E-state index contributed by atoms with van der Waals surface area (Å²) in [6.07, 6.45) is 0. The van der Waals surface area contributed by atoms with Crippen molar-refractivity contribution in [2.75, 3.05) is 16.9 Å². The van der Waals surface area contributed by atoms with E-state index >= 15 is 0 Å². The van der Waals surface area contributed by atoms with Crippen LogP contribution in [0.15, 0.2) is 27.1 Å². The van der Waals surface area contributed by atoms with Crippen LogP contribution in [0, 0.1) is 0 Å². The second-order valence-electron chi connectivity index (χ2n) is 3.88. The summed E-state index contributed by atoms with van der Waals surface area (Å²) in [7, 11) is 0. The number of carbonyl (C=O) groups is 2. The smallest absolute Gasteiger partial charge is 0.327 e. The molecule has 1 aliphatic rings. The van der Waals surface area contributed by atoms with Crippen molar-refractivity contribution in [3.05, 3.63) is 27.1 Å². The van der Waals surface area contributed by atoms with E-state index in [0.29, 0.717) is 17.3 Å². The first-order valence-corrected chi connectivity index (χ1v) is 8.06. The molecular weight excluding hydrogens is 400 g/mol. The van der Waals surface area contributed by atoms with Crippen molar-refractivity contribution in [1.29, 1.82) is 0 Å². The van der Waals surface area contributed by atoms with E-state index in [1.807, 2.05) is 6.07 Å². The molecule has 1 saturated heterocycles. The molecule has 1 unspecified atom stereocenters. The van der Waals surface area contributed by atoms with Crippen molar-refractivity contribution in [3.8, 4) is 0 Å². The zero-order valence-electron chi connectivity index (χ0n) is 9.60. The fourth-order valence-corrected chi connectivity index (χ4v) is 3.92. The van der Waals surface area contributed by atoms with Crippen molar-refractivity contribution in [2.24, 2.45) is 0 Å². The maximum absolute atomic E-state index is 12.1. The van der Waals surface area contributed by atoms with Gasteiger partial charge in [-0.15, -0.1) is 11.8 Å². The number of aliphatic carboxylic acids is 1. The Kier molecular flexibility index (Phi) is 4.75. The van der Waals surface area contributed by atoms with Crippen LogP contribution in [-0.4, -0.2) is 39.7 Å². The number of rotatable bonds is 2. The van der Waals surface area contributed by atoms with Crippen molar-refractivity contribution in [2.45, 2.75) is 6.04 Å². The van der Waals surface area contributed by atoms with Crippen molar-refractivity contribution in [3.63, 3.8) is 0 Å². The van der Waals surface area contributed by atoms with Crippen LogP contribution in [0.25, 0.3) is 0 Å². The molecule has 0 saturated carbocycles. The van der Waals surface area contributed by atoms with Gasteiger partial charge in [0.25, 0.3) is 0 Å². The minimum absolute atomic E-state index is 0.386. The van der Waals surface area contributed by atoms with Crippen LogP contribution in [0.4, 0.5) is 10.5 Å². The summed E-state index contributed by atoms with van der Waals surface area (Å²) in [6, 6.07) is 4.18. The van der Waals surface area contributed by atoms with Gasteiger partial charge in [-0.3, -0.25) is 0 Å². The van der Waals surface area contributed by atoms with Crippen LogP contribution in [0.5, 0.6) is 0 Å². The van der Waals surface area contributed by atoms with Gasteiger partial charge in [-0.05, 0) is 34.1 Å². The minimum atomic E-state index is -0.977. The number of benzene rings is 1. The number of halogens is 2. The minimum Gasteiger partial charge on any atom is -0.480 e. The van der Waals surface area contributed by atoms with Gasteiger partial charge in [0.15, 0.2) is 0 Å². The number of hydrogen-bond acceptors (Lipinski definition) is 3. The lowest BCUT2D eigenvalue weighted by Gasteiger charge is -2.21. The summed E-state index contributed by atoms with van der Waals surface area (Å²) in [4.78, 5) is 24.4. The fourth-order valence-electron chi connectivity index (χ4n) is 1.63. The van der Waals surface area contributed by atoms with E-state index < -0.39 is 18.0 Å². The third kappa shape index (κ3) is 3.43. The van der Waals surface area contributed by atoms with Gasteiger partial charge in [-0.1, -0.05) is 15.9 Å². The van der Waals surface area contributed by atoms with Crippen LogP contribution < -0.4 is 5.32 Å². The first-order chi connectivity index (χ1) is 8.99. The Labute approximate surface area is 131 Å². The Morgan fingerprint density at radius 3 is 2.79 bits per heavy atom. The molecule has 1 aliphatic heterocycles. The summed E-state index contributed by atoms with van der Waals surface area (Å²) in [5, 5.41) is 11.7. The lowest BCUT2D eigenvalue weighted by atomic mass is 10.3. The maximum Gasteiger partial charge on any atom is 0.327 e. The molecule has 1 atom stereocenters. The van der Waals surface area contributed by atoms with Gasteiger partial charge in [0.2, 0.25) is 0 Å². The summed E-state index contributed by atoms with van der Waals surface area (Å²) in [6.45, 7) is 0. The van der Waals surface area contributed by atoms with Crippen molar-refractivity contribution < 1.29 is 14.7 Å². The largest absolute Gasteiger partial charge is 0.480 e. The van der Waals surface area contributed by atoms with Gasteiger partial charge in [0.1, 0.15) is 6.04 Å². The predicted octanol–water partition coefficient (Wildman–Crippen LogP) is 3.20. The highest BCUT2D eigenvalue weighted by atomic mass is 79.9. The third-order valence-corrected chi connectivity index (χ3v) is 4.76. The molecule has 2 rings (SSSR count). The molecule has 1 fully saturated rings. The molecule has 0 aliphatic carbocycles. The molecule has 2 N–H and O–H groups in total. The topological polar surface area (TPSA) is 69.6 Å². The lowest BCUT2D eigenvalue weighted by molar-refractivity contribution is -0.140.